The van der Waals surface area contributed by atoms with E-state index < -0.39 is 0 Å². The number of rotatable bonds is 7. The molecule has 118 valence electrons. The molecule has 1 aliphatic carbocycles. The van der Waals surface area contributed by atoms with Crippen molar-refractivity contribution >= 4 is 15.9 Å². The van der Waals surface area contributed by atoms with E-state index >= 15 is 0 Å². The molecule has 0 aromatic heterocycles. The molecule has 3 heteroatoms. The predicted octanol–water partition coefficient (Wildman–Crippen LogP) is 5.15. The molecule has 1 aliphatic rings. The van der Waals surface area contributed by atoms with Gasteiger partial charge in [0.15, 0.2) is 0 Å². The summed E-state index contributed by atoms with van der Waals surface area (Å²) in [6.45, 7) is 6.78. The molecule has 0 unspecified atom stereocenters. The first-order valence-electron chi connectivity index (χ1n) is 8.08. The summed E-state index contributed by atoms with van der Waals surface area (Å²) >= 11 is 3.56. The summed E-state index contributed by atoms with van der Waals surface area (Å²) < 4.78 is 6.31. The van der Waals surface area contributed by atoms with Crippen molar-refractivity contribution in [3.05, 3.63) is 28.2 Å². The lowest BCUT2D eigenvalue weighted by atomic mass is 9.78. The highest BCUT2D eigenvalue weighted by atomic mass is 79.9. The predicted molar refractivity (Wildman–Crippen MR) is 92.8 cm³/mol. The highest BCUT2D eigenvalue weighted by Gasteiger charge is 2.33. The van der Waals surface area contributed by atoms with Crippen molar-refractivity contribution in [3.8, 4) is 5.75 Å². The van der Waals surface area contributed by atoms with E-state index in [0.717, 1.165) is 29.2 Å². The van der Waals surface area contributed by atoms with E-state index in [-0.39, 0.29) is 0 Å². The minimum Gasteiger partial charge on any atom is -0.496 e. The number of ether oxygens (including phenoxy) is 1. The van der Waals surface area contributed by atoms with Crippen molar-refractivity contribution in [1.82, 2.24) is 5.32 Å². The lowest BCUT2D eigenvalue weighted by molar-refractivity contribution is 0.223. The Hall–Kier alpha value is -0.540. The molecular weight excluding hydrogens is 326 g/mol. The smallest absolute Gasteiger partial charge is 0.133 e. The number of methoxy groups -OCH3 is 1. The summed E-state index contributed by atoms with van der Waals surface area (Å²) in [5, 5.41) is 3.69. The van der Waals surface area contributed by atoms with Gasteiger partial charge in [0.25, 0.3) is 0 Å². The molecule has 1 fully saturated rings. The highest BCUT2D eigenvalue weighted by Crippen LogP contribution is 2.42. The molecule has 1 N–H and O–H groups in total. The molecule has 0 spiro atoms. The fourth-order valence-corrected chi connectivity index (χ4v) is 4.32. The third-order valence-corrected chi connectivity index (χ3v) is 5.17. The monoisotopic (exact) mass is 353 g/mol. The molecule has 0 bridgehead atoms. The van der Waals surface area contributed by atoms with Gasteiger partial charge in [-0.1, -0.05) is 32.8 Å². The first kappa shape index (κ1) is 16.8. The normalized spacial score (nSPS) is 17.4. The molecule has 1 saturated carbocycles. The van der Waals surface area contributed by atoms with Gasteiger partial charge in [0.2, 0.25) is 0 Å². The van der Waals surface area contributed by atoms with Crippen LogP contribution in [-0.2, 0) is 6.54 Å². The molecule has 0 atom stereocenters. The van der Waals surface area contributed by atoms with Gasteiger partial charge in [-0.15, -0.1) is 0 Å². The summed E-state index contributed by atoms with van der Waals surface area (Å²) in [7, 11) is 1.70. The minimum absolute atomic E-state index is 0.540. The van der Waals surface area contributed by atoms with E-state index in [9.17, 15) is 0 Å². The van der Waals surface area contributed by atoms with Gasteiger partial charge < -0.3 is 10.1 Å². The van der Waals surface area contributed by atoms with Gasteiger partial charge in [0, 0.05) is 13.1 Å². The Labute approximate surface area is 137 Å². The third kappa shape index (κ3) is 4.72. The van der Waals surface area contributed by atoms with Gasteiger partial charge >= 0.3 is 0 Å². The Bertz CT molecular complexity index is 453. The van der Waals surface area contributed by atoms with Gasteiger partial charge in [0.05, 0.1) is 11.6 Å². The third-order valence-electron chi connectivity index (χ3n) is 4.55. The van der Waals surface area contributed by atoms with Crippen molar-refractivity contribution in [2.45, 2.75) is 52.5 Å². The first-order chi connectivity index (χ1) is 10.0. The second-order valence-electron chi connectivity index (χ2n) is 6.88. The summed E-state index contributed by atoms with van der Waals surface area (Å²) in [4.78, 5) is 0. The molecule has 0 amide bonds. The topological polar surface area (TPSA) is 21.3 Å². The number of hydrogen-bond acceptors (Lipinski definition) is 2. The molecule has 2 rings (SSSR count). The molecule has 0 radical (unpaired) electrons. The van der Waals surface area contributed by atoms with Crippen LogP contribution in [0.1, 0.15) is 51.5 Å². The second-order valence-corrected chi connectivity index (χ2v) is 7.73. The number of nitrogens with one attached hydrogen (secondary N) is 1. The summed E-state index contributed by atoms with van der Waals surface area (Å²) in [5.41, 5.74) is 1.85. The lowest BCUT2D eigenvalue weighted by Gasteiger charge is -2.31. The van der Waals surface area contributed by atoms with E-state index in [1.165, 1.54) is 37.7 Å². The van der Waals surface area contributed by atoms with Crippen molar-refractivity contribution in [2.24, 2.45) is 11.3 Å². The molecule has 0 heterocycles. The van der Waals surface area contributed by atoms with Crippen LogP contribution < -0.4 is 10.1 Å². The fraction of sp³-hybridized carbons (Fsp3) is 0.667. The van der Waals surface area contributed by atoms with Crippen LogP contribution in [0, 0.1) is 11.3 Å². The molecule has 1 aromatic carbocycles. The molecule has 0 aliphatic heterocycles. The van der Waals surface area contributed by atoms with E-state index in [4.69, 9.17) is 4.74 Å². The van der Waals surface area contributed by atoms with Crippen molar-refractivity contribution in [2.75, 3.05) is 13.7 Å². The standard InChI is InChI=1S/C18H28BrNO/c1-14(2)11-18(8-4-5-9-18)13-20-12-15-6-7-17(21-3)16(19)10-15/h6-7,10,14,20H,4-5,8-9,11-13H2,1-3H3. The Morgan fingerprint density at radius 2 is 2.00 bits per heavy atom. The van der Waals surface area contributed by atoms with Crippen LogP contribution in [0.25, 0.3) is 0 Å². The Balaban J connectivity index is 1.89. The van der Waals surface area contributed by atoms with Crippen LogP contribution >= 0.6 is 15.9 Å². The van der Waals surface area contributed by atoms with Gasteiger partial charge in [-0.25, -0.2) is 0 Å². The zero-order chi connectivity index (χ0) is 15.3. The van der Waals surface area contributed by atoms with Crippen LogP contribution in [0.2, 0.25) is 0 Å². The first-order valence-corrected chi connectivity index (χ1v) is 8.87. The second kappa shape index (κ2) is 7.64. The van der Waals surface area contributed by atoms with E-state index in [2.05, 4.69) is 47.2 Å². The number of benzene rings is 1. The van der Waals surface area contributed by atoms with Gasteiger partial charge in [0.1, 0.15) is 5.75 Å². The maximum absolute atomic E-state index is 5.28. The summed E-state index contributed by atoms with van der Waals surface area (Å²) in [6.07, 6.45) is 6.95. The molecule has 0 saturated heterocycles. The summed E-state index contributed by atoms with van der Waals surface area (Å²) in [6, 6.07) is 6.32. The number of hydrogen-bond donors (Lipinski definition) is 1. The van der Waals surface area contributed by atoms with Crippen LogP contribution in [0.5, 0.6) is 5.75 Å². The van der Waals surface area contributed by atoms with Gasteiger partial charge in [-0.3, -0.25) is 0 Å². The lowest BCUT2D eigenvalue weighted by Crippen LogP contribution is -2.33. The van der Waals surface area contributed by atoms with E-state index in [1.54, 1.807) is 7.11 Å². The van der Waals surface area contributed by atoms with Gasteiger partial charge in [-0.05, 0) is 64.2 Å². The number of halogens is 1. The van der Waals surface area contributed by atoms with Crippen LogP contribution in [-0.4, -0.2) is 13.7 Å². The minimum atomic E-state index is 0.540. The zero-order valence-corrected chi connectivity index (χ0v) is 15.1. The maximum atomic E-state index is 5.28. The molecule has 2 nitrogen and oxygen atoms in total. The van der Waals surface area contributed by atoms with Crippen molar-refractivity contribution < 1.29 is 4.74 Å². The van der Waals surface area contributed by atoms with Crippen molar-refractivity contribution in [1.29, 1.82) is 0 Å². The van der Waals surface area contributed by atoms with E-state index in [0.29, 0.717) is 5.41 Å². The van der Waals surface area contributed by atoms with Crippen LogP contribution in [0.15, 0.2) is 22.7 Å². The van der Waals surface area contributed by atoms with Crippen LogP contribution in [0.4, 0.5) is 0 Å². The quantitative estimate of drug-likeness (QED) is 0.731. The Morgan fingerprint density at radius 3 is 2.57 bits per heavy atom. The summed E-state index contributed by atoms with van der Waals surface area (Å²) in [5.74, 6) is 1.69. The molecular formula is C18H28BrNO. The fourth-order valence-electron chi connectivity index (χ4n) is 3.74. The molecule has 1 aromatic rings. The Morgan fingerprint density at radius 1 is 1.29 bits per heavy atom. The van der Waals surface area contributed by atoms with Crippen LogP contribution in [0.3, 0.4) is 0 Å². The largest absolute Gasteiger partial charge is 0.496 e. The highest BCUT2D eigenvalue weighted by molar-refractivity contribution is 9.10. The average molecular weight is 354 g/mol. The van der Waals surface area contributed by atoms with Crippen molar-refractivity contribution in [3.63, 3.8) is 0 Å². The SMILES string of the molecule is COc1ccc(CNCC2(CC(C)C)CCCC2)cc1Br. The van der Waals surface area contributed by atoms with E-state index in [1.807, 2.05) is 6.07 Å². The van der Waals surface area contributed by atoms with Gasteiger partial charge in [-0.2, -0.15) is 0 Å². The maximum Gasteiger partial charge on any atom is 0.133 e. The zero-order valence-electron chi connectivity index (χ0n) is 13.5. The molecule has 21 heavy (non-hydrogen) atoms. The average Bonchev–Trinajstić information content (AvgIpc) is 2.86. The Kier molecular flexibility index (Phi) is 6.12.